The summed E-state index contributed by atoms with van der Waals surface area (Å²) in [5, 5.41) is 20.5. The summed E-state index contributed by atoms with van der Waals surface area (Å²) in [4.78, 5) is 4.44. The molecule has 0 aliphatic carbocycles. The molecule has 2 heterocycles. The van der Waals surface area contributed by atoms with E-state index in [1.807, 2.05) is 18.2 Å². The van der Waals surface area contributed by atoms with E-state index >= 15 is 0 Å². The van der Waals surface area contributed by atoms with Crippen molar-refractivity contribution < 1.29 is 5.11 Å². The number of nitrogens with zero attached hydrogens (tertiary/aromatic N) is 3. The van der Waals surface area contributed by atoms with Crippen molar-refractivity contribution in [3.63, 3.8) is 0 Å². The molecular weight excluding hydrogens is 240 g/mol. The number of aliphatic hydroxyl groups excluding tert-OH is 1. The van der Waals surface area contributed by atoms with Gasteiger partial charge in [0, 0.05) is 0 Å². The summed E-state index contributed by atoms with van der Waals surface area (Å²) in [6.45, 7) is 6.50. The molecule has 0 radical (unpaired) electrons. The van der Waals surface area contributed by atoms with Gasteiger partial charge in [0.2, 0.25) is 0 Å². The Balaban J connectivity index is 2.10. The highest BCUT2D eigenvalue weighted by molar-refractivity contribution is 5.51. The number of aromatic amines is 1. The summed E-state index contributed by atoms with van der Waals surface area (Å²) in [5.74, 6) is 0. The fourth-order valence-corrected chi connectivity index (χ4v) is 1.82. The van der Waals surface area contributed by atoms with E-state index in [9.17, 15) is 5.11 Å². The third-order valence-corrected chi connectivity index (χ3v) is 2.96. The van der Waals surface area contributed by atoms with Crippen molar-refractivity contribution in [2.24, 2.45) is 5.41 Å². The van der Waals surface area contributed by atoms with E-state index in [4.69, 9.17) is 0 Å². The summed E-state index contributed by atoms with van der Waals surface area (Å²) < 4.78 is 0. The first kappa shape index (κ1) is 13.7. The van der Waals surface area contributed by atoms with Gasteiger partial charge in [0.1, 0.15) is 5.69 Å². The Morgan fingerprint density at radius 2 is 2.05 bits per heavy atom. The van der Waals surface area contributed by atoms with Gasteiger partial charge in [0.05, 0.1) is 23.7 Å². The van der Waals surface area contributed by atoms with Gasteiger partial charge in [0.15, 0.2) is 0 Å². The van der Waals surface area contributed by atoms with Gasteiger partial charge >= 0.3 is 0 Å². The van der Waals surface area contributed by atoms with Crippen molar-refractivity contribution in [2.75, 3.05) is 0 Å². The molecule has 1 atom stereocenters. The summed E-state index contributed by atoms with van der Waals surface area (Å²) in [7, 11) is 0. The van der Waals surface area contributed by atoms with Crippen LogP contribution in [0.4, 0.5) is 0 Å². The lowest BCUT2D eigenvalue weighted by molar-refractivity contribution is 0.143. The second-order valence-corrected chi connectivity index (χ2v) is 5.92. The van der Waals surface area contributed by atoms with Crippen LogP contribution in [-0.2, 0) is 0 Å². The van der Waals surface area contributed by atoms with Gasteiger partial charge in [0.25, 0.3) is 0 Å². The van der Waals surface area contributed by atoms with Crippen molar-refractivity contribution in [3.05, 3.63) is 30.1 Å². The Kier molecular flexibility index (Phi) is 3.95. The summed E-state index contributed by atoms with van der Waals surface area (Å²) in [5.41, 5.74) is 2.31. The number of aromatic nitrogens is 4. The molecule has 0 aliphatic rings. The van der Waals surface area contributed by atoms with Crippen LogP contribution in [0.1, 0.15) is 45.4 Å². The maximum atomic E-state index is 10.2. The normalized spacial score (nSPS) is 13.5. The van der Waals surface area contributed by atoms with Crippen molar-refractivity contribution in [2.45, 2.75) is 39.7 Å². The summed E-state index contributed by atoms with van der Waals surface area (Å²) >= 11 is 0. The van der Waals surface area contributed by atoms with Crippen molar-refractivity contribution >= 4 is 0 Å². The van der Waals surface area contributed by atoms with Crippen LogP contribution in [0.5, 0.6) is 0 Å². The lowest BCUT2D eigenvalue weighted by Crippen LogP contribution is -2.09. The van der Waals surface area contributed by atoms with Gasteiger partial charge in [-0.05, 0) is 30.4 Å². The Labute approximate surface area is 113 Å². The van der Waals surface area contributed by atoms with Crippen molar-refractivity contribution in [1.82, 2.24) is 20.4 Å². The molecule has 0 aromatic carbocycles. The molecule has 0 fully saturated rings. The SMILES string of the molecule is CC(C)(C)CC[C@H](O)c1cccc(-c2cn[nH]n2)n1. The second-order valence-electron chi connectivity index (χ2n) is 5.92. The number of aliphatic hydroxyl groups is 1. The molecular formula is C14H20N4O. The largest absolute Gasteiger partial charge is 0.387 e. The molecule has 2 aromatic heterocycles. The topological polar surface area (TPSA) is 74.7 Å². The average Bonchev–Trinajstić information content (AvgIpc) is 2.89. The second kappa shape index (κ2) is 5.48. The zero-order chi connectivity index (χ0) is 13.9. The molecule has 0 amide bonds. The zero-order valence-corrected chi connectivity index (χ0v) is 11.6. The smallest absolute Gasteiger partial charge is 0.131 e. The minimum atomic E-state index is -0.536. The van der Waals surface area contributed by atoms with Crippen LogP contribution in [0.3, 0.4) is 0 Å². The van der Waals surface area contributed by atoms with E-state index in [1.54, 1.807) is 6.20 Å². The first-order chi connectivity index (χ1) is 8.96. The van der Waals surface area contributed by atoms with Crippen molar-refractivity contribution in [1.29, 1.82) is 0 Å². The third kappa shape index (κ3) is 3.86. The molecule has 0 unspecified atom stereocenters. The lowest BCUT2D eigenvalue weighted by Gasteiger charge is -2.20. The van der Waals surface area contributed by atoms with Crippen LogP contribution < -0.4 is 0 Å². The molecule has 5 heteroatoms. The van der Waals surface area contributed by atoms with Crippen LogP contribution in [0.25, 0.3) is 11.4 Å². The summed E-state index contributed by atoms with van der Waals surface area (Å²) in [6.07, 6.45) is 2.74. The van der Waals surface area contributed by atoms with E-state index in [2.05, 4.69) is 41.2 Å². The Hall–Kier alpha value is -1.75. The number of rotatable bonds is 4. The van der Waals surface area contributed by atoms with Gasteiger partial charge in [-0.3, -0.25) is 0 Å². The quantitative estimate of drug-likeness (QED) is 0.886. The Morgan fingerprint density at radius 3 is 2.68 bits per heavy atom. The van der Waals surface area contributed by atoms with E-state index in [1.165, 1.54) is 0 Å². The van der Waals surface area contributed by atoms with Gasteiger partial charge in [-0.25, -0.2) is 4.98 Å². The van der Waals surface area contributed by atoms with Crippen LogP contribution in [0.15, 0.2) is 24.4 Å². The minimum Gasteiger partial charge on any atom is -0.387 e. The van der Waals surface area contributed by atoms with Gasteiger partial charge in [-0.1, -0.05) is 26.8 Å². The first-order valence-corrected chi connectivity index (χ1v) is 6.47. The zero-order valence-electron chi connectivity index (χ0n) is 11.6. The van der Waals surface area contributed by atoms with E-state index in [-0.39, 0.29) is 5.41 Å². The number of pyridine rings is 1. The maximum absolute atomic E-state index is 10.2. The number of nitrogens with one attached hydrogen (secondary N) is 1. The molecule has 0 saturated heterocycles. The number of hydrogen-bond donors (Lipinski definition) is 2. The van der Waals surface area contributed by atoms with E-state index in [0.29, 0.717) is 17.8 Å². The molecule has 2 rings (SSSR count). The highest BCUT2D eigenvalue weighted by Gasteiger charge is 2.16. The highest BCUT2D eigenvalue weighted by atomic mass is 16.3. The lowest BCUT2D eigenvalue weighted by atomic mass is 9.89. The maximum Gasteiger partial charge on any atom is 0.131 e. The van der Waals surface area contributed by atoms with Gasteiger partial charge in [-0.15, -0.1) is 0 Å². The molecule has 0 spiro atoms. The van der Waals surface area contributed by atoms with Crippen LogP contribution in [0.2, 0.25) is 0 Å². The fraction of sp³-hybridized carbons (Fsp3) is 0.500. The van der Waals surface area contributed by atoms with Crippen LogP contribution in [-0.4, -0.2) is 25.5 Å². The molecule has 0 saturated carbocycles. The monoisotopic (exact) mass is 260 g/mol. The highest BCUT2D eigenvalue weighted by Crippen LogP contribution is 2.27. The van der Waals surface area contributed by atoms with Gasteiger partial charge in [-0.2, -0.15) is 15.4 Å². The summed E-state index contributed by atoms with van der Waals surface area (Å²) in [6, 6.07) is 5.58. The third-order valence-electron chi connectivity index (χ3n) is 2.96. The molecule has 0 aliphatic heterocycles. The van der Waals surface area contributed by atoms with E-state index in [0.717, 1.165) is 12.1 Å². The Morgan fingerprint density at radius 1 is 1.26 bits per heavy atom. The molecule has 2 aromatic rings. The van der Waals surface area contributed by atoms with Gasteiger partial charge < -0.3 is 5.11 Å². The predicted octanol–water partition coefficient (Wildman–Crippen LogP) is 2.73. The first-order valence-electron chi connectivity index (χ1n) is 6.47. The standard InChI is InChI=1S/C14H20N4O/c1-14(2,3)8-7-13(19)11-6-4-5-10(16-11)12-9-15-18-17-12/h4-6,9,13,19H,7-8H2,1-3H3,(H,15,17,18)/t13-/m0/s1. The fourth-order valence-electron chi connectivity index (χ4n) is 1.82. The molecule has 102 valence electrons. The minimum absolute atomic E-state index is 0.213. The number of H-pyrrole nitrogens is 1. The average molecular weight is 260 g/mol. The van der Waals surface area contributed by atoms with Crippen LogP contribution in [0, 0.1) is 5.41 Å². The molecule has 2 N–H and O–H groups in total. The molecule has 5 nitrogen and oxygen atoms in total. The number of hydrogen-bond acceptors (Lipinski definition) is 4. The van der Waals surface area contributed by atoms with Crippen molar-refractivity contribution in [3.8, 4) is 11.4 Å². The predicted molar refractivity (Wildman–Crippen MR) is 73.3 cm³/mol. The molecule has 0 bridgehead atoms. The van der Waals surface area contributed by atoms with E-state index < -0.39 is 6.10 Å². The van der Waals surface area contributed by atoms with Crippen LogP contribution >= 0.6 is 0 Å². The Bertz CT molecular complexity index is 516. The molecule has 19 heavy (non-hydrogen) atoms.